The standard InChI is InChI=1S/C33H46N6O5S/c1-5-20(4)27-30(42)36-26(19(2)3)33(44)39-16-10-14-25(39)32(43)38-15-9-13-24(38)29(41)34-22(17-21-11-7-6-8-12-21)31-35-23(18-45-31)28(40)37-27/h6-8,11-12,19-20,22-27H,5,9-10,13-18H2,1-4H3,(H,34,41)(H,36,42)(H,37,40)/t20-,22+,23+,24-,25-,26?,27-/m0/s1. The second-order valence-corrected chi connectivity index (χ2v) is 14.1. The van der Waals surface area contributed by atoms with E-state index in [-0.39, 0.29) is 35.5 Å². The molecule has 2 bridgehead atoms. The zero-order chi connectivity index (χ0) is 32.2. The smallest absolute Gasteiger partial charge is 0.246 e. The van der Waals surface area contributed by atoms with Crippen molar-refractivity contribution in [3.63, 3.8) is 0 Å². The molecule has 2 fully saturated rings. The van der Waals surface area contributed by atoms with E-state index in [9.17, 15) is 24.0 Å². The average molecular weight is 639 g/mol. The van der Waals surface area contributed by atoms with Crippen molar-refractivity contribution in [1.82, 2.24) is 25.8 Å². The minimum atomic E-state index is -0.865. The summed E-state index contributed by atoms with van der Waals surface area (Å²) in [5.74, 6) is -1.62. The lowest BCUT2D eigenvalue weighted by Crippen LogP contribution is -2.60. The molecule has 0 saturated carbocycles. The molecule has 0 radical (unpaired) electrons. The van der Waals surface area contributed by atoms with E-state index in [0.717, 1.165) is 5.56 Å². The van der Waals surface area contributed by atoms with E-state index in [2.05, 4.69) is 16.0 Å². The monoisotopic (exact) mass is 638 g/mol. The Balaban J connectivity index is 1.52. The number of thioether (sulfide) groups is 1. The van der Waals surface area contributed by atoms with Gasteiger partial charge in [-0.1, -0.05) is 64.4 Å². The highest BCUT2D eigenvalue weighted by Gasteiger charge is 2.45. The van der Waals surface area contributed by atoms with Gasteiger partial charge in [0.2, 0.25) is 29.5 Å². The molecule has 5 rings (SSSR count). The SMILES string of the molecule is CC[C@H](C)[C@@H]1NC(=O)[C@H]2CSC(=N2)[C@@H](Cc2ccccc2)NC(=O)[C@@H]2CCCN2C(=O)[C@@H]2CCCN2C(=O)C(C(C)C)NC1=O. The number of nitrogens with one attached hydrogen (secondary N) is 3. The molecule has 1 unspecified atom stereocenters. The van der Waals surface area contributed by atoms with Crippen molar-refractivity contribution >= 4 is 46.3 Å². The van der Waals surface area contributed by atoms with Crippen molar-refractivity contribution in [2.75, 3.05) is 18.8 Å². The van der Waals surface area contributed by atoms with Crippen LogP contribution in [-0.4, -0.2) is 99.5 Å². The number of benzene rings is 1. The number of aliphatic imine (C=N–C) groups is 1. The molecule has 0 aliphatic carbocycles. The van der Waals surface area contributed by atoms with Crippen molar-refractivity contribution in [2.24, 2.45) is 16.8 Å². The van der Waals surface area contributed by atoms with Crippen LogP contribution in [0.5, 0.6) is 0 Å². The summed E-state index contributed by atoms with van der Waals surface area (Å²) in [7, 11) is 0. The first kappa shape index (κ1) is 33.0. The highest BCUT2D eigenvalue weighted by molar-refractivity contribution is 8.14. The van der Waals surface area contributed by atoms with Crippen LogP contribution in [-0.2, 0) is 30.4 Å². The zero-order valence-electron chi connectivity index (χ0n) is 26.7. The van der Waals surface area contributed by atoms with E-state index in [0.29, 0.717) is 62.4 Å². The van der Waals surface area contributed by atoms with Crippen molar-refractivity contribution in [3.05, 3.63) is 35.9 Å². The third-order valence-corrected chi connectivity index (χ3v) is 10.7. The van der Waals surface area contributed by atoms with Crippen molar-refractivity contribution in [1.29, 1.82) is 0 Å². The van der Waals surface area contributed by atoms with Crippen LogP contribution >= 0.6 is 11.8 Å². The average Bonchev–Trinajstić information content (AvgIpc) is 3.82. The number of carbonyl (C=O) groups excluding carboxylic acids is 5. The van der Waals surface area contributed by atoms with E-state index >= 15 is 0 Å². The van der Waals surface area contributed by atoms with Gasteiger partial charge in [-0.15, -0.1) is 11.8 Å². The van der Waals surface area contributed by atoms with E-state index in [1.807, 2.05) is 58.0 Å². The zero-order valence-corrected chi connectivity index (χ0v) is 27.5. The molecule has 0 spiro atoms. The molecule has 2 saturated heterocycles. The van der Waals surface area contributed by atoms with Gasteiger partial charge in [0.05, 0.1) is 11.1 Å². The minimum Gasteiger partial charge on any atom is -0.345 e. The lowest BCUT2D eigenvalue weighted by Gasteiger charge is -2.35. The summed E-state index contributed by atoms with van der Waals surface area (Å²) >= 11 is 1.43. The van der Waals surface area contributed by atoms with Crippen LogP contribution in [0.25, 0.3) is 0 Å². The van der Waals surface area contributed by atoms with E-state index in [1.54, 1.807) is 9.80 Å². The normalized spacial score (nSPS) is 30.6. The molecule has 244 valence electrons. The molecule has 4 aliphatic rings. The van der Waals surface area contributed by atoms with Crippen LogP contribution in [0.3, 0.4) is 0 Å². The summed E-state index contributed by atoms with van der Waals surface area (Å²) < 4.78 is 0. The first-order chi connectivity index (χ1) is 21.6. The van der Waals surface area contributed by atoms with Crippen LogP contribution in [0.2, 0.25) is 0 Å². The third kappa shape index (κ3) is 7.21. The van der Waals surface area contributed by atoms with Crippen LogP contribution in [0.15, 0.2) is 35.3 Å². The van der Waals surface area contributed by atoms with Gasteiger partial charge in [0.15, 0.2) is 0 Å². The minimum absolute atomic E-state index is 0.196. The van der Waals surface area contributed by atoms with Crippen LogP contribution < -0.4 is 16.0 Å². The summed E-state index contributed by atoms with van der Waals surface area (Å²) in [6.45, 7) is 8.41. The quantitative estimate of drug-likeness (QED) is 0.450. The highest BCUT2D eigenvalue weighted by Crippen LogP contribution is 2.28. The molecule has 3 N–H and O–H groups in total. The van der Waals surface area contributed by atoms with E-state index in [4.69, 9.17) is 4.99 Å². The maximum absolute atomic E-state index is 14.0. The molecule has 45 heavy (non-hydrogen) atoms. The van der Waals surface area contributed by atoms with E-state index in [1.165, 1.54) is 11.8 Å². The molecule has 4 heterocycles. The summed E-state index contributed by atoms with van der Waals surface area (Å²) in [5.41, 5.74) is 1.01. The van der Waals surface area contributed by atoms with Crippen molar-refractivity contribution < 1.29 is 24.0 Å². The Kier molecular flexibility index (Phi) is 10.5. The van der Waals surface area contributed by atoms with Gasteiger partial charge in [-0.25, -0.2) is 0 Å². The number of hydrogen-bond acceptors (Lipinski definition) is 7. The topological polar surface area (TPSA) is 140 Å². The second kappa shape index (κ2) is 14.3. The molecule has 7 atom stereocenters. The van der Waals surface area contributed by atoms with Gasteiger partial charge in [-0.05, 0) is 49.5 Å². The van der Waals surface area contributed by atoms with Crippen molar-refractivity contribution in [2.45, 2.75) is 102 Å². The van der Waals surface area contributed by atoms with Crippen LogP contribution in [0.4, 0.5) is 0 Å². The van der Waals surface area contributed by atoms with E-state index < -0.39 is 42.2 Å². The number of amides is 5. The largest absolute Gasteiger partial charge is 0.345 e. The van der Waals surface area contributed by atoms with Crippen molar-refractivity contribution in [3.8, 4) is 0 Å². The lowest BCUT2D eigenvalue weighted by molar-refractivity contribution is -0.148. The first-order valence-electron chi connectivity index (χ1n) is 16.4. The molecule has 0 aromatic heterocycles. The molecule has 11 nitrogen and oxygen atoms in total. The maximum Gasteiger partial charge on any atom is 0.246 e. The predicted octanol–water partition coefficient (Wildman–Crippen LogP) is 1.90. The van der Waals surface area contributed by atoms with Crippen LogP contribution in [0, 0.1) is 11.8 Å². The third-order valence-electron chi connectivity index (χ3n) is 9.56. The molecule has 5 amide bonds. The summed E-state index contributed by atoms with van der Waals surface area (Å²) in [6, 6.07) is 5.50. The predicted molar refractivity (Wildman–Crippen MR) is 173 cm³/mol. The Bertz CT molecular complexity index is 1320. The fourth-order valence-electron chi connectivity index (χ4n) is 6.70. The summed E-state index contributed by atoms with van der Waals surface area (Å²) in [4.78, 5) is 77.2. The summed E-state index contributed by atoms with van der Waals surface area (Å²) in [5, 5.41) is 9.71. The molecule has 12 heteroatoms. The molecule has 1 aromatic carbocycles. The van der Waals surface area contributed by atoms with Gasteiger partial charge in [0.1, 0.15) is 30.2 Å². The number of carbonyl (C=O) groups is 5. The number of rotatable bonds is 5. The Hall–Kier alpha value is -3.41. The second-order valence-electron chi connectivity index (χ2n) is 13.0. The Morgan fingerprint density at radius 3 is 2.13 bits per heavy atom. The highest BCUT2D eigenvalue weighted by atomic mass is 32.2. The van der Waals surface area contributed by atoms with Gasteiger partial charge < -0.3 is 25.8 Å². The lowest BCUT2D eigenvalue weighted by atomic mass is 9.96. The Morgan fingerprint density at radius 1 is 0.822 bits per heavy atom. The fourth-order valence-corrected chi connectivity index (χ4v) is 7.80. The molecule has 1 aromatic rings. The fraction of sp³-hybridized carbons (Fsp3) is 0.636. The molecule has 4 aliphatic heterocycles. The Morgan fingerprint density at radius 2 is 1.47 bits per heavy atom. The van der Waals surface area contributed by atoms with Gasteiger partial charge in [-0.3, -0.25) is 29.0 Å². The number of hydrogen-bond donors (Lipinski definition) is 3. The molecular weight excluding hydrogens is 592 g/mol. The van der Waals surface area contributed by atoms with Gasteiger partial charge in [-0.2, -0.15) is 0 Å². The Labute approximate surface area is 269 Å². The van der Waals surface area contributed by atoms with Crippen LogP contribution in [0.1, 0.15) is 65.4 Å². The van der Waals surface area contributed by atoms with Gasteiger partial charge >= 0.3 is 0 Å². The summed E-state index contributed by atoms with van der Waals surface area (Å²) in [6.07, 6.45) is 3.50. The van der Waals surface area contributed by atoms with Gasteiger partial charge in [0, 0.05) is 18.8 Å². The molecular formula is C33H46N6O5S. The number of nitrogens with zero attached hydrogens (tertiary/aromatic N) is 3. The number of fused-ring (bicyclic) bond motifs is 3. The maximum atomic E-state index is 14.0. The first-order valence-corrected chi connectivity index (χ1v) is 17.3. The van der Waals surface area contributed by atoms with Gasteiger partial charge in [0.25, 0.3) is 0 Å².